The Bertz CT molecular complexity index is 762. The van der Waals surface area contributed by atoms with E-state index in [-0.39, 0.29) is 23.1 Å². The molecule has 3 rings (SSSR count). The highest BCUT2D eigenvalue weighted by atomic mass is 16.2. The summed E-state index contributed by atoms with van der Waals surface area (Å²) in [6, 6.07) is 8.94. The summed E-state index contributed by atoms with van der Waals surface area (Å²) in [6.45, 7) is 1.93. The van der Waals surface area contributed by atoms with Gasteiger partial charge in [-0.25, -0.2) is 0 Å². The summed E-state index contributed by atoms with van der Waals surface area (Å²) >= 11 is 0. The number of amides is 1. The second-order valence-electron chi connectivity index (χ2n) is 5.83. The van der Waals surface area contributed by atoms with E-state index in [0.717, 1.165) is 24.2 Å². The third-order valence-corrected chi connectivity index (χ3v) is 3.98. The van der Waals surface area contributed by atoms with Crippen LogP contribution in [0, 0.1) is 12.8 Å². The van der Waals surface area contributed by atoms with Crippen LogP contribution in [0.15, 0.2) is 41.3 Å². The first-order valence-electron chi connectivity index (χ1n) is 7.46. The van der Waals surface area contributed by atoms with Crippen molar-refractivity contribution in [3.05, 3.63) is 63.8 Å². The fourth-order valence-corrected chi connectivity index (χ4v) is 2.59. The highest BCUT2D eigenvalue weighted by molar-refractivity contribution is 5.94. The van der Waals surface area contributed by atoms with E-state index in [4.69, 9.17) is 0 Å². The SMILES string of the molecule is Cc1cccc(C(NC(=O)c2cccn(C)c2=O)C2CC2)n1. The van der Waals surface area contributed by atoms with Gasteiger partial charge in [-0.3, -0.25) is 14.6 Å². The van der Waals surface area contributed by atoms with Crippen LogP contribution in [0.5, 0.6) is 0 Å². The Kier molecular flexibility index (Phi) is 3.79. The molecule has 1 aliphatic carbocycles. The van der Waals surface area contributed by atoms with Gasteiger partial charge >= 0.3 is 0 Å². The van der Waals surface area contributed by atoms with E-state index in [1.54, 1.807) is 25.4 Å². The molecule has 1 fully saturated rings. The van der Waals surface area contributed by atoms with E-state index in [1.165, 1.54) is 4.57 Å². The molecule has 0 spiro atoms. The zero-order valence-electron chi connectivity index (χ0n) is 12.7. The summed E-state index contributed by atoms with van der Waals surface area (Å²) < 4.78 is 1.41. The van der Waals surface area contributed by atoms with Crippen LogP contribution in [0.25, 0.3) is 0 Å². The van der Waals surface area contributed by atoms with E-state index < -0.39 is 0 Å². The van der Waals surface area contributed by atoms with Crippen molar-refractivity contribution in [3.63, 3.8) is 0 Å². The second-order valence-corrected chi connectivity index (χ2v) is 5.83. The minimum Gasteiger partial charge on any atom is -0.343 e. The van der Waals surface area contributed by atoms with Crippen LogP contribution in [-0.2, 0) is 7.05 Å². The molecule has 1 N–H and O–H groups in total. The lowest BCUT2D eigenvalue weighted by Crippen LogP contribution is -2.35. The number of hydrogen-bond acceptors (Lipinski definition) is 3. The number of nitrogens with zero attached hydrogens (tertiary/aromatic N) is 2. The molecule has 114 valence electrons. The lowest BCUT2D eigenvalue weighted by molar-refractivity contribution is 0.0928. The predicted molar refractivity (Wildman–Crippen MR) is 83.6 cm³/mol. The highest BCUT2D eigenvalue weighted by Gasteiger charge is 2.34. The zero-order valence-corrected chi connectivity index (χ0v) is 12.7. The van der Waals surface area contributed by atoms with Gasteiger partial charge in [0.2, 0.25) is 0 Å². The van der Waals surface area contributed by atoms with Crippen molar-refractivity contribution in [3.8, 4) is 0 Å². The Morgan fingerprint density at radius 2 is 2.09 bits per heavy atom. The van der Waals surface area contributed by atoms with Crippen molar-refractivity contribution < 1.29 is 4.79 Å². The minimum absolute atomic E-state index is 0.127. The van der Waals surface area contributed by atoms with Crippen LogP contribution < -0.4 is 10.9 Å². The van der Waals surface area contributed by atoms with Crippen LogP contribution in [0.4, 0.5) is 0 Å². The molecular weight excluding hydrogens is 278 g/mol. The van der Waals surface area contributed by atoms with Gasteiger partial charge in [0.15, 0.2) is 0 Å². The Hall–Kier alpha value is -2.43. The molecule has 2 aromatic heterocycles. The fraction of sp³-hybridized carbons (Fsp3) is 0.353. The predicted octanol–water partition coefficient (Wildman–Crippen LogP) is 1.97. The number of carbonyl (C=O) groups excluding carboxylic acids is 1. The van der Waals surface area contributed by atoms with Gasteiger partial charge in [-0.05, 0) is 49.9 Å². The molecular formula is C17H19N3O2. The molecule has 1 amide bonds. The van der Waals surface area contributed by atoms with Crippen LogP contribution in [0.2, 0.25) is 0 Å². The Labute approximate surface area is 129 Å². The van der Waals surface area contributed by atoms with Gasteiger partial charge in [-0.2, -0.15) is 0 Å². The van der Waals surface area contributed by atoms with Crippen LogP contribution in [0.1, 0.15) is 40.6 Å². The summed E-state index contributed by atoms with van der Waals surface area (Å²) in [4.78, 5) is 29.0. The molecule has 5 nitrogen and oxygen atoms in total. The fourth-order valence-electron chi connectivity index (χ4n) is 2.59. The van der Waals surface area contributed by atoms with Gasteiger partial charge in [0, 0.05) is 18.9 Å². The first-order chi connectivity index (χ1) is 10.6. The smallest absolute Gasteiger partial charge is 0.263 e. The quantitative estimate of drug-likeness (QED) is 0.938. The van der Waals surface area contributed by atoms with Gasteiger partial charge in [0.25, 0.3) is 11.5 Å². The van der Waals surface area contributed by atoms with Crippen molar-refractivity contribution in [2.24, 2.45) is 13.0 Å². The maximum atomic E-state index is 12.5. The maximum absolute atomic E-state index is 12.5. The standard InChI is InChI=1S/C17H19N3O2/c1-11-5-3-7-14(18-11)15(12-8-9-12)19-16(21)13-6-4-10-20(2)17(13)22/h3-7,10,12,15H,8-9H2,1-2H3,(H,19,21). The summed E-state index contributed by atoms with van der Waals surface area (Å²) in [5, 5.41) is 2.99. The highest BCUT2D eigenvalue weighted by Crippen LogP contribution is 2.40. The van der Waals surface area contributed by atoms with E-state index in [1.807, 2.05) is 25.1 Å². The maximum Gasteiger partial charge on any atom is 0.263 e. The normalized spacial score (nSPS) is 15.4. The third kappa shape index (κ3) is 2.93. The number of pyridine rings is 2. The van der Waals surface area contributed by atoms with Crippen LogP contribution in [-0.4, -0.2) is 15.5 Å². The summed E-state index contributed by atoms with van der Waals surface area (Å²) in [7, 11) is 1.64. The Morgan fingerprint density at radius 3 is 2.77 bits per heavy atom. The largest absolute Gasteiger partial charge is 0.343 e. The molecule has 1 aliphatic rings. The van der Waals surface area contributed by atoms with Gasteiger partial charge in [0.1, 0.15) is 5.56 Å². The molecule has 1 saturated carbocycles. The lowest BCUT2D eigenvalue weighted by atomic mass is 10.1. The molecule has 0 saturated heterocycles. The molecule has 1 unspecified atom stereocenters. The number of rotatable bonds is 4. The monoisotopic (exact) mass is 297 g/mol. The first kappa shape index (κ1) is 14.5. The minimum atomic E-state index is -0.332. The van der Waals surface area contributed by atoms with Gasteiger partial charge in [0.05, 0.1) is 11.7 Å². The van der Waals surface area contributed by atoms with E-state index in [9.17, 15) is 9.59 Å². The third-order valence-electron chi connectivity index (χ3n) is 3.98. The van der Waals surface area contributed by atoms with E-state index in [2.05, 4.69) is 10.3 Å². The van der Waals surface area contributed by atoms with Crippen LogP contribution in [0.3, 0.4) is 0 Å². The lowest BCUT2D eigenvalue weighted by Gasteiger charge is -2.18. The Morgan fingerprint density at radius 1 is 1.32 bits per heavy atom. The van der Waals surface area contributed by atoms with E-state index >= 15 is 0 Å². The zero-order chi connectivity index (χ0) is 15.7. The van der Waals surface area contributed by atoms with Crippen molar-refractivity contribution in [1.29, 1.82) is 0 Å². The number of carbonyl (C=O) groups is 1. The summed E-state index contributed by atoms with van der Waals surface area (Å²) in [6.07, 6.45) is 3.79. The summed E-state index contributed by atoms with van der Waals surface area (Å²) in [5.74, 6) is 0.0761. The topological polar surface area (TPSA) is 64.0 Å². The molecule has 1 atom stereocenters. The second kappa shape index (κ2) is 5.75. The summed E-state index contributed by atoms with van der Waals surface area (Å²) in [5.41, 5.74) is 1.67. The van der Waals surface area contributed by atoms with Gasteiger partial charge in [-0.1, -0.05) is 6.07 Å². The number of hydrogen-bond donors (Lipinski definition) is 1. The molecule has 0 radical (unpaired) electrons. The number of aryl methyl sites for hydroxylation is 2. The molecule has 5 heteroatoms. The van der Waals surface area contributed by atoms with Crippen molar-refractivity contribution >= 4 is 5.91 Å². The first-order valence-corrected chi connectivity index (χ1v) is 7.46. The Balaban J connectivity index is 1.87. The molecule has 22 heavy (non-hydrogen) atoms. The molecule has 0 aliphatic heterocycles. The van der Waals surface area contributed by atoms with Crippen molar-refractivity contribution in [2.75, 3.05) is 0 Å². The number of aromatic nitrogens is 2. The van der Waals surface area contributed by atoms with Crippen molar-refractivity contribution in [2.45, 2.75) is 25.8 Å². The molecule has 0 aromatic carbocycles. The molecule has 0 bridgehead atoms. The van der Waals surface area contributed by atoms with Gasteiger partial charge < -0.3 is 9.88 Å². The van der Waals surface area contributed by atoms with Gasteiger partial charge in [-0.15, -0.1) is 0 Å². The molecule has 2 aromatic rings. The number of nitrogens with one attached hydrogen (secondary N) is 1. The van der Waals surface area contributed by atoms with Crippen LogP contribution >= 0.6 is 0 Å². The average molecular weight is 297 g/mol. The average Bonchev–Trinajstić information content (AvgIpc) is 3.32. The molecule has 2 heterocycles. The van der Waals surface area contributed by atoms with E-state index in [0.29, 0.717) is 5.92 Å². The van der Waals surface area contributed by atoms with Crippen molar-refractivity contribution in [1.82, 2.24) is 14.9 Å².